The van der Waals surface area contributed by atoms with Crippen LogP contribution in [0.2, 0.25) is 0 Å². The van der Waals surface area contributed by atoms with Crippen LogP contribution in [-0.2, 0) is 11.3 Å². The first-order chi connectivity index (χ1) is 6.63. The minimum Gasteiger partial charge on any atom is -0.389 e. The van der Waals surface area contributed by atoms with Crippen molar-refractivity contribution in [1.82, 2.24) is 4.90 Å². The fourth-order valence-electron chi connectivity index (χ4n) is 1.15. The van der Waals surface area contributed by atoms with Crippen LogP contribution in [-0.4, -0.2) is 23.3 Å². The number of thiocarbonyl (C=S) groups is 1. The molecule has 0 aromatic heterocycles. The highest BCUT2D eigenvalue weighted by atomic mass is 32.1. The van der Waals surface area contributed by atoms with Crippen molar-refractivity contribution in [2.75, 3.05) is 7.05 Å². The molecule has 1 rings (SSSR count). The highest BCUT2D eigenvalue weighted by molar-refractivity contribution is 7.80. The molecular formula is C10H12N2OS. The summed E-state index contributed by atoms with van der Waals surface area (Å²) in [6.45, 7) is 0.569. The third-order valence-electron chi connectivity index (χ3n) is 1.82. The molecule has 3 nitrogen and oxygen atoms in total. The summed E-state index contributed by atoms with van der Waals surface area (Å²) < 4.78 is 0. The van der Waals surface area contributed by atoms with Crippen molar-refractivity contribution in [3.8, 4) is 0 Å². The summed E-state index contributed by atoms with van der Waals surface area (Å²) >= 11 is 4.86. The second-order valence-electron chi connectivity index (χ2n) is 3.09. The summed E-state index contributed by atoms with van der Waals surface area (Å²) in [6.07, 6.45) is 0.785. The minimum atomic E-state index is 0.376. The Kier molecular flexibility index (Phi) is 3.59. The molecule has 0 atom stereocenters. The first-order valence-corrected chi connectivity index (χ1v) is 4.58. The number of carbonyl (C=O) groups excluding carboxylic acids is 1. The van der Waals surface area contributed by atoms with Crippen LogP contribution in [0.1, 0.15) is 11.1 Å². The van der Waals surface area contributed by atoms with Gasteiger partial charge in [0.15, 0.2) is 0 Å². The molecule has 1 amide bonds. The Morgan fingerprint density at radius 1 is 1.64 bits per heavy atom. The Balaban J connectivity index is 2.83. The molecule has 0 spiro atoms. The molecule has 0 saturated heterocycles. The van der Waals surface area contributed by atoms with Gasteiger partial charge < -0.3 is 10.6 Å². The van der Waals surface area contributed by atoms with Crippen molar-refractivity contribution < 1.29 is 4.79 Å². The van der Waals surface area contributed by atoms with Gasteiger partial charge in [0.05, 0.1) is 0 Å². The second kappa shape index (κ2) is 4.72. The third kappa shape index (κ3) is 2.81. The highest BCUT2D eigenvalue weighted by Gasteiger charge is 2.00. The summed E-state index contributed by atoms with van der Waals surface area (Å²) in [5, 5.41) is 0. The van der Waals surface area contributed by atoms with Crippen molar-refractivity contribution in [3.63, 3.8) is 0 Å². The van der Waals surface area contributed by atoms with Crippen LogP contribution in [0, 0.1) is 0 Å². The maximum absolute atomic E-state index is 10.4. The van der Waals surface area contributed by atoms with Gasteiger partial charge in [-0.3, -0.25) is 4.79 Å². The molecule has 0 bridgehead atoms. The molecule has 0 unspecified atom stereocenters. The molecule has 0 aliphatic heterocycles. The van der Waals surface area contributed by atoms with E-state index in [0.717, 1.165) is 17.5 Å². The largest absolute Gasteiger partial charge is 0.389 e. The van der Waals surface area contributed by atoms with E-state index < -0.39 is 0 Å². The molecule has 1 aromatic rings. The molecule has 14 heavy (non-hydrogen) atoms. The number of benzene rings is 1. The van der Waals surface area contributed by atoms with E-state index in [2.05, 4.69) is 0 Å². The van der Waals surface area contributed by atoms with Gasteiger partial charge in [0.25, 0.3) is 0 Å². The van der Waals surface area contributed by atoms with E-state index in [1.807, 2.05) is 24.3 Å². The zero-order valence-corrected chi connectivity index (χ0v) is 8.75. The molecule has 1 aromatic carbocycles. The SMILES string of the molecule is CN(C=O)Cc1cccc(C(N)=S)c1. The van der Waals surface area contributed by atoms with Crippen LogP contribution in [0.5, 0.6) is 0 Å². The molecule has 74 valence electrons. The van der Waals surface area contributed by atoms with E-state index in [0.29, 0.717) is 11.5 Å². The van der Waals surface area contributed by atoms with Crippen molar-refractivity contribution in [2.24, 2.45) is 5.73 Å². The van der Waals surface area contributed by atoms with Crippen molar-refractivity contribution >= 4 is 23.6 Å². The normalized spacial score (nSPS) is 9.50. The first-order valence-electron chi connectivity index (χ1n) is 4.18. The van der Waals surface area contributed by atoms with Gasteiger partial charge >= 0.3 is 0 Å². The second-order valence-corrected chi connectivity index (χ2v) is 3.52. The van der Waals surface area contributed by atoms with Gasteiger partial charge in [0.2, 0.25) is 6.41 Å². The van der Waals surface area contributed by atoms with E-state index in [1.165, 1.54) is 0 Å². The molecule has 0 aliphatic carbocycles. The van der Waals surface area contributed by atoms with E-state index in [1.54, 1.807) is 11.9 Å². The smallest absolute Gasteiger partial charge is 0.209 e. The Bertz CT molecular complexity index is 352. The lowest BCUT2D eigenvalue weighted by molar-refractivity contribution is -0.117. The van der Waals surface area contributed by atoms with E-state index in [9.17, 15) is 4.79 Å². The number of hydrogen-bond donors (Lipinski definition) is 1. The van der Waals surface area contributed by atoms with Gasteiger partial charge in [-0.25, -0.2) is 0 Å². The van der Waals surface area contributed by atoms with E-state index in [-0.39, 0.29) is 0 Å². The van der Waals surface area contributed by atoms with Crippen molar-refractivity contribution in [3.05, 3.63) is 35.4 Å². The zero-order valence-electron chi connectivity index (χ0n) is 7.93. The summed E-state index contributed by atoms with van der Waals surface area (Å²) in [4.78, 5) is 12.3. The number of hydrogen-bond acceptors (Lipinski definition) is 2. The van der Waals surface area contributed by atoms with Crippen molar-refractivity contribution in [1.29, 1.82) is 0 Å². The molecule has 4 heteroatoms. The highest BCUT2D eigenvalue weighted by Crippen LogP contribution is 2.06. The van der Waals surface area contributed by atoms with E-state index >= 15 is 0 Å². The predicted molar refractivity (Wildman–Crippen MR) is 59.9 cm³/mol. The lowest BCUT2D eigenvalue weighted by Gasteiger charge is -2.10. The van der Waals surface area contributed by atoms with Gasteiger partial charge in [-0.05, 0) is 11.6 Å². The Morgan fingerprint density at radius 3 is 2.93 bits per heavy atom. The molecule has 0 fully saturated rings. The Morgan fingerprint density at radius 2 is 2.36 bits per heavy atom. The van der Waals surface area contributed by atoms with Gasteiger partial charge in [0.1, 0.15) is 4.99 Å². The topological polar surface area (TPSA) is 46.3 Å². The molecule has 0 heterocycles. The molecule has 0 saturated carbocycles. The maximum atomic E-state index is 10.4. The number of nitrogens with two attached hydrogens (primary N) is 1. The first kappa shape index (κ1) is 10.7. The lowest BCUT2D eigenvalue weighted by Crippen LogP contribution is -2.16. The van der Waals surface area contributed by atoms with Gasteiger partial charge in [0, 0.05) is 19.2 Å². The van der Waals surface area contributed by atoms with Crippen LogP contribution in [0.3, 0.4) is 0 Å². The number of carbonyl (C=O) groups is 1. The quantitative estimate of drug-likeness (QED) is 0.591. The molecule has 0 aliphatic rings. The minimum absolute atomic E-state index is 0.376. The average molecular weight is 208 g/mol. The zero-order chi connectivity index (χ0) is 10.6. The van der Waals surface area contributed by atoms with Crippen LogP contribution >= 0.6 is 12.2 Å². The lowest BCUT2D eigenvalue weighted by atomic mass is 10.1. The number of amides is 1. The fourth-order valence-corrected chi connectivity index (χ4v) is 1.28. The Labute approximate surface area is 88.5 Å². The predicted octanol–water partition coefficient (Wildman–Crippen LogP) is 0.909. The number of rotatable bonds is 4. The third-order valence-corrected chi connectivity index (χ3v) is 2.06. The van der Waals surface area contributed by atoms with Crippen LogP contribution in [0.15, 0.2) is 24.3 Å². The maximum Gasteiger partial charge on any atom is 0.209 e. The fraction of sp³-hybridized carbons (Fsp3) is 0.200. The standard InChI is InChI=1S/C10H12N2OS/c1-12(7-13)6-8-3-2-4-9(5-8)10(11)14/h2-5,7H,6H2,1H3,(H2,11,14). The number of nitrogens with zero attached hydrogens (tertiary/aromatic N) is 1. The summed E-state index contributed by atoms with van der Waals surface area (Å²) in [7, 11) is 1.72. The van der Waals surface area contributed by atoms with Crippen LogP contribution < -0.4 is 5.73 Å². The molecule has 2 N–H and O–H groups in total. The summed E-state index contributed by atoms with van der Waals surface area (Å²) in [6, 6.07) is 7.55. The molecular weight excluding hydrogens is 196 g/mol. The molecule has 0 radical (unpaired) electrons. The van der Waals surface area contributed by atoms with Gasteiger partial charge in [-0.1, -0.05) is 30.4 Å². The van der Waals surface area contributed by atoms with Crippen LogP contribution in [0.4, 0.5) is 0 Å². The summed E-state index contributed by atoms with van der Waals surface area (Å²) in [5.74, 6) is 0. The Hall–Kier alpha value is -1.42. The van der Waals surface area contributed by atoms with Gasteiger partial charge in [-0.2, -0.15) is 0 Å². The van der Waals surface area contributed by atoms with Gasteiger partial charge in [-0.15, -0.1) is 0 Å². The van der Waals surface area contributed by atoms with Crippen LogP contribution in [0.25, 0.3) is 0 Å². The average Bonchev–Trinajstić information content (AvgIpc) is 2.18. The van der Waals surface area contributed by atoms with E-state index in [4.69, 9.17) is 18.0 Å². The monoisotopic (exact) mass is 208 g/mol. The summed E-state index contributed by atoms with van der Waals surface area (Å²) in [5.41, 5.74) is 7.34. The van der Waals surface area contributed by atoms with Crippen molar-refractivity contribution in [2.45, 2.75) is 6.54 Å².